The van der Waals surface area contributed by atoms with E-state index in [-0.39, 0.29) is 11.8 Å². The molecule has 0 spiro atoms. The topological polar surface area (TPSA) is 79.5 Å². The van der Waals surface area contributed by atoms with Crippen molar-refractivity contribution < 1.29 is 14.3 Å². The predicted octanol–water partition coefficient (Wildman–Crippen LogP) is 1.18. The van der Waals surface area contributed by atoms with E-state index in [1.807, 2.05) is 13.8 Å². The Morgan fingerprint density at radius 3 is 2.17 bits per heavy atom. The van der Waals surface area contributed by atoms with Crippen molar-refractivity contribution in [2.45, 2.75) is 52.7 Å². The molecule has 1 atom stereocenters. The van der Waals surface area contributed by atoms with Crippen LogP contribution in [0.25, 0.3) is 0 Å². The third-order valence-corrected chi connectivity index (χ3v) is 1.96. The van der Waals surface area contributed by atoms with Crippen LogP contribution in [0.15, 0.2) is 0 Å². The average molecular weight is 259 g/mol. The smallest absolute Gasteiger partial charge is 0.408 e. The van der Waals surface area contributed by atoms with Crippen LogP contribution < -0.4 is 16.2 Å². The van der Waals surface area contributed by atoms with Gasteiger partial charge in [-0.1, -0.05) is 13.8 Å². The number of carbonyl (C=O) groups is 2. The van der Waals surface area contributed by atoms with Crippen LogP contribution in [0.2, 0.25) is 0 Å². The van der Waals surface area contributed by atoms with Gasteiger partial charge in [-0.3, -0.25) is 10.2 Å². The molecule has 0 aromatic carbocycles. The minimum Gasteiger partial charge on any atom is -0.444 e. The van der Waals surface area contributed by atoms with Gasteiger partial charge >= 0.3 is 6.09 Å². The molecule has 106 valence electrons. The summed E-state index contributed by atoms with van der Waals surface area (Å²) in [4.78, 5) is 23.4. The van der Waals surface area contributed by atoms with Crippen molar-refractivity contribution in [2.75, 3.05) is 7.05 Å². The second-order valence-electron chi connectivity index (χ2n) is 5.57. The Balaban J connectivity index is 4.49. The summed E-state index contributed by atoms with van der Waals surface area (Å²) in [7, 11) is 1.60. The van der Waals surface area contributed by atoms with E-state index in [4.69, 9.17) is 4.74 Å². The van der Waals surface area contributed by atoms with Crippen molar-refractivity contribution in [3.63, 3.8) is 0 Å². The largest absolute Gasteiger partial charge is 0.444 e. The summed E-state index contributed by atoms with van der Waals surface area (Å²) in [5.74, 6) is 0.00426. The lowest BCUT2D eigenvalue weighted by atomic mass is 10.0. The monoisotopic (exact) mass is 259 g/mol. The molecule has 3 N–H and O–H groups in total. The molecule has 0 fully saturated rings. The van der Waals surface area contributed by atoms with E-state index < -0.39 is 17.7 Å². The summed E-state index contributed by atoms with van der Waals surface area (Å²) in [5.41, 5.74) is 4.43. The molecule has 0 bridgehead atoms. The molecule has 6 nitrogen and oxygen atoms in total. The lowest BCUT2D eigenvalue weighted by Crippen LogP contribution is -2.51. The van der Waals surface area contributed by atoms with Crippen molar-refractivity contribution in [3.8, 4) is 0 Å². The van der Waals surface area contributed by atoms with E-state index in [9.17, 15) is 9.59 Å². The Morgan fingerprint density at radius 2 is 1.78 bits per heavy atom. The number of hydrazine groups is 1. The van der Waals surface area contributed by atoms with Gasteiger partial charge in [-0.15, -0.1) is 0 Å². The maximum Gasteiger partial charge on any atom is 0.408 e. The van der Waals surface area contributed by atoms with Crippen LogP contribution in [0.4, 0.5) is 4.79 Å². The second-order valence-corrected chi connectivity index (χ2v) is 5.57. The molecule has 0 heterocycles. The van der Waals surface area contributed by atoms with Crippen LogP contribution in [0.1, 0.15) is 41.0 Å². The Morgan fingerprint density at radius 1 is 1.22 bits per heavy atom. The highest BCUT2D eigenvalue weighted by Gasteiger charge is 2.24. The SMILES string of the molecule is CNNC(=O)C(CC(C)C)NC(=O)OC(C)(C)C. The zero-order valence-corrected chi connectivity index (χ0v) is 12.1. The molecule has 2 amide bonds. The minimum atomic E-state index is -0.604. The van der Waals surface area contributed by atoms with Crippen molar-refractivity contribution >= 4 is 12.0 Å². The first-order valence-corrected chi connectivity index (χ1v) is 6.12. The molecule has 6 heteroatoms. The van der Waals surface area contributed by atoms with Crippen LogP contribution >= 0.6 is 0 Å². The van der Waals surface area contributed by atoms with Gasteiger partial charge in [0.2, 0.25) is 0 Å². The molecular formula is C12H25N3O3. The number of hydrogen-bond acceptors (Lipinski definition) is 4. The molecule has 0 radical (unpaired) electrons. The fraction of sp³-hybridized carbons (Fsp3) is 0.833. The van der Waals surface area contributed by atoms with Crippen LogP contribution in [0.5, 0.6) is 0 Å². The van der Waals surface area contributed by atoms with Crippen molar-refractivity contribution in [1.82, 2.24) is 16.2 Å². The van der Waals surface area contributed by atoms with E-state index in [2.05, 4.69) is 16.2 Å². The van der Waals surface area contributed by atoms with Crippen molar-refractivity contribution in [2.24, 2.45) is 5.92 Å². The summed E-state index contributed by atoms with van der Waals surface area (Å²) < 4.78 is 5.13. The molecule has 18 heavy (non-hydrogen) atoms. The van der Waals surface area contributed by atoms with E-state index in [0.29, 0.717) is 6.42 Å². The zero-order chi connectivity index (χ0) is 14.3. The molecule has 0 saturated carbocycles. The molecule has 0 saturated heterocycles. The van der Waals surface area contributed by atoms with E-state index in [0.717, 1.165) is 0 Å². The van der Waals surface area contributed by atoms with Crippen LogP contribution in [-0.2, 0) is 9.53 Å². The van der Waals surface area contributed by atoms with Crippen molar-refractivity contribution in [3.05, 3.63) is 0 Å². The maximum atomic E-state index is 11.7. The first kappa shape index (κ1) is 16.7. The number of rotatable bonds is 5. The molecule has 0 aliphatic rings. The number of alkyl carbamates (subject to hydrolysis) is 1. The van der Waals surface area contributed by atoms with Gasteiger partial charge < -0.3 is 10.1 Å². The molecule has 0 rings (SSSR count). The number of amides is 2. The summed E-state index contributed by atoms with van der Waals surface area (Å²) in [6.07, 6.45) is -0.0355. The quantitative estimate of drug-likeness (QED) is 0.648. The number of hydrogen-bond donors (Lipinski definition) is 3. The van der Waals surface area contributed by atoms with Gasteiger partial charge in [0.15, 0.2) is 0 Å². The standard InChI is InChI=1S/C12H25N3O3/c1-8(2)7-9(10(16)15-13-6)14-11(17)18-12(3,4)5/h8-9,13H,7H2,1-6H3,(H,14,17)(H,15,16). The summed E-state index contributed by atoms with van der Waals surface area (Å²) in [6, 6.07) is -0.604. The number of carbonyl (C=O) groups excluding carboxylic acids is 2. The highest BCUT2D eigenvalue weighted by molar-refractivity contribution is 5.85. The fourth-order valence-electron chi connectivity index (χ4n) is 1.36. The maximum absolute atomic E-state index is 11.7. The van der Waals surface area contributed by atoms with E-state index in [1.165, 1.54) is 0 Å². The molecule has 0 aromatic heterocycles. The second kappa shape index (κ2) is 7.20. The molecule has 0 aliphatic heterocycles. The first-order chi connectivity index (χ1) is 8.15. The third kappa shape index (κ3) is 7.89. The molecule has 1 unspecified atom stereocenters. The minimum absolute atomic E-state index is 0.281. The van der Waals surface area contributed by atoms with Gasteiger partial charge in [0, 0.05) is 7.05 Å². The Hall–Kier alpha value is -1.30. The van der Waals surface area contributed by atoms with Crippen LogP contribution in [0.3, 0.4) is 0 Å². The third-order valence-electron chi connectivity index (χ3n) is 1.96. The lowest BCUT2D eigenvalue weighted by molar-refractivity contribution is -0.124. The van der Waals surface area contributed by atoms with E-state index >= 15 is 0 Å². The molecular weight excluding hydrogens is 234 g/mol. The normalized spacial score (nSPS) is 13.1. The summed E-state index contributed by atoms with van der Waals surface area (Å²) >= 11 is 0. The van der Waals surface area contributed by atoms with E-state index in [1.54, 1.807) is 27.8 Å². The summed E-state index contributed by atoms with van der Waals surface area (Å²) in [5, 5.41) is 2.58. The summed E-state index contributed by atoms with van der Waals surface area (Å²) in [6.45, 7) is 9.29. The molecule has 0 aliphatic carbocycles. The van der Waals surface area contributed by atoms with Gasteiger partial charge in [-0.25, -0.2) is 10.2 Å². The van der Waals surface area contributed by atoms with Crippen LogP contribution in [0, 0.1) is 5.92 Å². The lowest BCUT2D eigenvalue weighted by Gasteiger charge is -2.24. The first-order valence-electron chi connectivity index (χ1n) is 6.12. The van der Waals surface area contributed by atoms with Crippen molar-refractivity contribution in [1.29, 1.82) is 0 Å². The highest BCUT2D eigenvalue weighted by Crippen LogP contribution is 2.09. The van der Waals surface area contributed by atoms with Gasteiger partial charge in [0.05, 0.1) is 0 Å². The zero-order valence-electron chi connectivity index (χ0n) is 12.1. The number of nitrogens with one attached hydrogen (secondary N) is 3. The predicted molar refractivity (Wildman–Crippen MR) is 69.8 cm³/mol. The van der Waals surface area contributed by atoms with Gasteiger partial charge in [-0.2, -0.15) is 0 Å². The molecule has 0 aromatic rings. The van der Waals surface area contributed by atoms with Gasteiger partial charge in [-0.05, 0) is 33.1 Å². The Labute approximate surface area is 109 Å². The Bertz CT molecular complexity index is 285. The van der Waals surface area contributed by atoms with Gasteiger partial charge in [0.25, 0.3) is 5.91 Å². The highest BCUT2D eigenvalue weighted by atomic mass is 16.6. The fourth-order valence-corrected chi connectivity index (χ4v) is 1.36. The van der Waals surface area contributed by atoms with Crippen LogP contribution in [-0.4, -0.2) is 30.7 Å². The Kier molecular flexibility index (Phi) is 6.68. The average Bonchev–Trinajstić information content (AvgIpc) is 2.13. The van der Waals surface area contributed by atoms with Gasteiger partial charge in [0.1, 0.15) is 11.6 Å². The number of ether oxygens (including phenoxy) is 1.